The van der Waals surface area contributed by atoms with E-state index >= 15 is 0 Å². The number of nitrogens with one attached hydrogen (secondary N) is 2. The van der Waals surface area contributed by atoms with Gasteiger partial charge < -0.3 is 10.6 Å². The van der Waals surface area contributed by atoms with Gasteiger partial charge in [-0.2, -0.15) is 0 Å². The molecule has 0 aliphatic carbocycles. The lowest BCUT2D eigenvalue weighted by Gasteiger charge is -2.13. The lowest BCUT2D eigenvalue weighted by molar-refractivity contribution is 0.525. The van der Waals surface area contributed by atoms with Gasteiger partial charge in [-0.1, -0.05) is 11.6 Å². The largest absolute Gasteiger partial charge is 0.320 e. The molecule has 1 aromatic rings. The molecule has 2 nitrogen and oxygen atoms in total. The van der Waals surface area contributed by atoms with Gasteiger partial charge in [-0.3, -0.25) is 0 Å². The van der Waals surface area contributed by atoms with Crippen LogP contribution in [0.15, 0.2) is 12.1 Å². The van der Waals surface area contributed by atoms with E-state index in [-0.39, 0.29) is 0 Å². The molecule has 1 aromatic heterocycles. The summed E-state index contributed by atoms with van der Waals surface area (Å²) in [6.45, 7) is 1.07. The van der Waals surface area contributed by atoms with Gasteiger partial charge >= 0.3 is 0 Å². The molecule has 0 saturated heterocycles. The molecule has 0 fully saturated rings. The molecule has 4 heteroatoms. The fourth-order valence-electron chi connectivity index (χ4n) is 1.43. The van der Waals surface area contributed by atoms with Crippen molar-refractivity contribution in [1.82, 2.24) is 10.6 Å². The number of rotatable bonds is 6. The summed E-state index contributed by atoms with van der Waals surface area (Å²) in [4.78, 5) is 1.33. The summed E-state index contributed by atoms with van der Waals surface area (Å²) in [7, 11) is 3.98. The van der Waals surface area contributed by atoms with E-state index in [2.05, 4.69) is 16.7 Å². The van der Waals surface area contributed by atoms with Crippen molar-refractivity contribution in [1.29, 1.82) is 0 Å². The van der Waals surface area contributed by atoms with E-state index in [4.69, 9.17) is 11.6 Å². The van der Waals surface area contributed by atoms with Crippen molar-refractivity contribution in [2.45, 2.75) is 18.9 Å². The minimum Gasteiger partial charge on any atom is -0.320 e. The fraction of sp³-hybridized carbons (Fsp3) is 0.600. The van der Waals surface area contributed by atoms with Gasteiger partial charge in [-0.25, -0.2) is 0 Å². The van der Waals surface area contributed by atoms with Gasteiger partial charge in [0, 0.05) is 10.9 Å². The van der Waals surface area contributed by atoms with Gasteiger partial charge in [-0.15, -0.1) is 11.3 Å². The lowest BCUT2D eigenvalue weighted by atomic mass is 10.1. The molecular weight excluding hydrogens is 216 g/mol. The quantitative estimate of drug-likeness (QED) is 0.737. The van der Waals surface area contributed by atoms with Crippen molar-refractivity contribution in [3.63, 3.8) is 0 Å². The van der Waals surface area contributed by atoms with Crippen LogP contribution in [0.2, 0.25) is 4.34 Å². The number of hydrogen-bond acceptors (Lipinski definition) is 3. The van der Waals surface area contributed by atoms with Crippen LogP contribution >= 0.6 is 22.9 Å². The Morgan fingerprint density at radius 1 is 1.43 bits per heavy atom. The summed E-state index contributed by atoms with van der Waals surface area (Å²) in [5.41, 5.74) is 0. The summed E-state index contributed by atoms with van der Waals surface area (Å²) in [5.74, 6) is 0. The van der Waals surface area contributed by atoms with Crippen LogP contribution in [-0.4, -0.2) is 20.6 Å². The van der Waals surface area contributed by atoms with Crippen LogP contribution in [-0.2, 0) is 0 Å². The van der Waals surface area contributed by atoms with Crippen LogP contribution in [0.25, 0.3) is 0 Å². The second kappa shape index (κ2) is 6.40. The summed E-state index contributed by atoms with van der Waals surface area (Å²) in [6.07, 6.45) is 2.33. The summed E-state index contributed by atoms with van der Waals surface area (Å²) < 4.78 is 0.869. The topological polar surface area (TPSA) is 24.1 Å². The first-order valence-corrected chi connectivity index (χ1v) is 6.04. The molecule has 2 N–H and O–H groups in total. The third-order valence-corrected chi connectivity index (χ3v) is 3.55. The molecule has 1 heterocycles. The Bertz CT molecular complexity index is 262. The van der Waals surface area contributed by atoms with Crippen molar-refractivity contribution in [2.75, 3.05) is 20.6 Å². The normalized spacial score (nSPS) is 13.1. The highest BCUT2D eigenvalue weighted by atomic mass is 35.5. The van der Waals surface area contributed by atoms with Crippen LogP contribution in [0.5, 0.6) is 0 Å². The third-order valence-electron chi connectivity index (χ3n) is 2.21. The van der Waals surface area contributed by atoms with Gasteiger partial charge in [0.2, 0.25) is 0 Å². The zero-order valence-electron chi connectivity index (χ0n) is 8.64. The van der Waals surface area contributed by atoms with Crippen LogP contribution in [0.1, 0.15) is 23.8 Å². The Kier molecular flexibility index (Phi) is 5.48. The van der Waals surface area contributed by atoms with E-state index in [0.29, 0.717) is 6.04 Å². The van der Waals surface area contributed by atoms with E-state index in [1.807, 2.05) is 20.2 Å². The molecule has 0 aromatic carbocycles. The van der Waals surface area contributed by atoms with Crippen LogP contribution in [0.4, 0.5) is 0 Å². The first-order valence-electron chi connectivity index (χ1n) is 4.85. The maximum Gasteiger partial charge on any atom is 0.0931 e. The lowest BCUT2D eigenvalue weighted by Crippen LogP contribution is -2.17. The molecule has 0 aliphatic heterocycles. The van der Waals surface area contributed by atoms with Gasteiger partial charge in [0.1, 0.15) is 0 Å². The Morgan fingerprint density at radius 3 is 2.71 bits per heavy atom. The molecule has 0 amide bonds. The second-order valence-corrected chi connectivity index (χ2v) is 4.98. The molecule has 0 radical (unpaired) electrons. The summed E-state index contributed by atoms with van der Waals surface area (Å²) >= 11 is 7.56. The van der Waals surface area contributed by atoms with Crippen molar-refractivity contribution >= 4 is 22.9 Å². The standard InChI is InChI=1S/C10H17ClN2S/c1-12-7-3-4-8(13-2)9-5-6-10(11)14-9/h5-6,8,12-13H,3-4,7H2,1-2H3. The van der Waals surface area contributed by atoms with Gasteiger partial charge in [-0.05, 0) is 45.6 Å². The summed E-state index contributed by atoms with van der Waals surface area (Å²) in [6, 6.07) is 4.51. The number of halogens is 1. The molecule has 0 spiro atoms. The second-order valence-electron chi connectivity index (χ2n) is 3.23. The van der Waals surface area contributed by atoms with Gasteiger partial charge in [0.15, 0.2) is 0 Å². The van der Waals surface area contributed by atoms with Crippen LogP contribution in [0.3, 0.4) is 0 Å². The first kappa shape index (κ1) is 12.0. The molecule has 14 heavy (non-hydrogen) atoms. The van der Waals surface area contributed by atoms with Crippen LogP contribution in [0, 0.1) is 0 Å². The van der Waals surface area contributed by atoms with Gasteiger partial charge in [0.25, 0.3) is 0 Å². The number of hydrogen-bond donors (Lipinski definition) is 2. The van der Waals surface area contributed by atoms with E-state index in [0.717, 1.165) is 17.3 Å². The Balaban J connectivity index is 2.45. The Labute approximate surface area is 94.7 Å². The average molecular weight is 233 g/mol. The maximum atomic E-state index is 5.90. The zero-order chi connectivity index (χ0) is 10.4. The van der Waals surface area contributed by atoms with E-state index in [9.17, 15) is 0 Å². The predicted octanol–water partition coefficient (Wildman–Crippen LogP) is 2.66. The molecule has 0 aliphatic rings. The fourth-order valence-corrected chi connectivity index (χ4v) is 2.63. The minimum absolute atomic E-state index is 0.445. The molecule has 1 atom stereocenters. The molecule has 1 rings (SSSR count). The monoisotopic (exact) mass is 232 g/mol. The Hall–Kier alpha value is -0.0900. The molecule has 0 saturated carbocycles. The highest BCUT2D eigenvalue weighted by molar-refractivity contribution is 7.16. The number of thiophene rings is 1. The minimum atomic E-state index is 0.445. The highest BCUT2D eigenvalue weighted by Gasteiger charge is 2.10. The van der Waals surface area contributed by atoms with E-state index < -0.39 is 0 Å². The van der Waals surface area contributed by atoms with E-state index in [1.54, 1.807) is 11.3 Å². The average Bonchev–Trinajstić information content (AvgIpc) is 2.60. The predicted molar refractivity (Wildman–Crippen MR) is 64.3 cm³/mol. The van der Waals surface area contributed by atoms with Crippen molar-refractivity contribution in [3.8, 4) is 0 Å². The highest BCUT2D eigenvalue weighted by Crippen LogP contribution is 2.28. The smallest absolute Gasteiger partial charge is 0.0931 e. The zero-order valence-corrected chi connectivity index (χ0v) is 10.2. The van der Waals surface area contributed by atoms with Crippen molar-refractivity contribution < 1.29 is 0 Å². The maximum absolute atomic E-state index is 5.90. The van der Waals surface area contributed by atoms with Crippen LogP contribution < -0.4 is 10.6 Å². The molecule has 80 valence electrons. The van der Waals surface area contributed by atoms with E-state index in [1.165, 1.54) is 11.3 Å². The van der Waals surface area contributed by atoms with Crippen molar-refractivity contribution in [2.24, 2.45) is 0 Å². The molecule has 0 bridgehead atoms. The van der Waals surface area contributed by atoms with Crippen molar-refractivity contribution in [3.05, 3.63) is 21.3 Å². The third kappa shape index (κ3) is 3.58. The SMILES string of the molecule is CNCCCC(NC)c1ccc(Cl)s1. The molecular formula is C10H17ClN2S. The first-order chi connectivity index (χ1) is 6.77. The summed E-state index contributed by atoms with van der Waals surface area (Å²) in [5, 5.41) is 6.47. The van der Waals surface area contributed by atoms with Gasteiger partial charge in [0.05, 0.1) is 4.34 Å². The Morgan fingerprint density at radius 2 is 2.21 bits per heavy atom. The molecule has 1 unspecified atom stereocenters.